The van der Waals surface area contributed by atoms with Gasteiger partial charge in [-0.2, -0.15) is 0 Å². The van der Waals surface area contributed by atoms with Crippen LogP contribution in [0.15, 0.2) is 46.9 Å². The smallest absolute Gasteiger partial charge is 0.272 e. The molecule has 1 aromatic heterocycles. The SMILES string of the molecule is CC1ON=C(c2cccs2)N(Cc2cccc(F)c2)C1=O. The van der Waals surface area contributed by atoms with Gasteiger partial charge < -0.3 is 4.84 Å². The van der Waals surface area contributed by atoms with Gasteiger partial charge in [-0.15, -0.1) is 11.3 Å². The zero-order valence-electron chi connectivity index (χ0n) is 11.3. The van der Waals surface area contributed by atoms with E-state index in [1.54, 1.807) is 19.1 Å². The number of oxime groups is 1. The van der Waals surface area contributed by atoms with Gasteiger partial charge in [-0.05, 0) is 36.1 Å². The number of amides is 1. The third kappa shape index (κ3) is 2.80. The Bertz CT molecular complexity index is 685. The number of rotatable bonds is 3. The Kier molecular flexibility index (Phi) is 3.70. The fourth-order valence-corrected chi connectivity index (χ4v) is 2.82. The minimum atomic E-state index is -0.637. The molecule has 6 heteroatoms. The zero-order chi connectivity index (χ0) is 14.8. The van der Waals surface area contributed by atoms with Gasteiger partial charge in [0.25, 0.3) is 5.91 Å². The number of halogens is 1. The molecule has 1 atom stereocenters. The minimum Gasteiger partial charge on any atom is -0.381 e. The maximum absolute atomic E-state index is 13.3. The molecule has 2 aromatic rings. The van der Waals surface area contributed by atoms with Crippen LogP contribution in [0.3, 0.4) is 0 Å². The van der Waals surface area contributed by atoms with Gasteiger partial charge in [-0.3, -0.25) is 9.69 Å². The summed E-state index contributed by atoms with van der Waals surface area (Å²) in [4.78, 5) is 19.9. The molecule has 2 heterocycles. The average molecular weight is 304 g/mol. The fourth-order valence-electron chi connectivity index (χ4n) is 2.10. The van der Waals surface area contributed by atoms with Crippen molar-refractivity contribution in [2.45, 2.75) is 19.6 Å². The van der Waals surface area contributed by atoms with E-state index >= 15 is 0 Å². The zero-order valence-corrected chi connectivity index (χ0v) is 12.1. The van der Waals surface area contributed by atoms with Gasteiger partial charge in [0.2, 0.25) is 6.10 Å². The Morgan fingerprint density at radius 1 is 1.38 bits per heavy atom. The van der Waals surface area contributed by atoms with Crippen LogP contribution in [0.1, 0.15) is 17.4 Å². The highest BCUT2D eigenvalue weighted by Gasteiger charge is 2.32. The summed E-state index contributed by atoms with van der Waals surface area (Å²) in [5, 5.41) is 5.95. The maximum atomic E-state index is 13.3. The molecule has 1 aliphatic rings. The molecule has 3 rings (SSSR count). The third-order valence-corrected chi connectivity index (χ3v) is 4.00. The summed E-state index contributed by atoms with van der Waals surface area (Å²) in [6.45, 7) is 1.91. The van der Waals surface area contributed by atoms with Crippen LogP contribution >= 0.6 is 11.3 Å². The lowest BCUT2D eigenvalue weighted by Gasteiger charge is -2.29. The van der Waals surface area contributed by atoms with Gasteiger partial charge in [-0.25, -0.2) is 4.39 Å². The summed E-state index contributed by atoms with van der Waals surface area (Å²) >= 11 is 1.47. The molecule has 21 heavy (non-hydrogen) atoms. The first kappa shape index (κ1) is 13.8. The lowest BCUT2D eigenvalue weighted by Crippen LogP contribution is -2.46. The van der Waals surface area contributed by atoms with Crippen molar-refractivity contribution in [3.8, 4) is 0 Å². The predicted molar refractivity (Wildman–Crippen MR) is 78.4 cm³/mol. The molecule has 1 amide bonds. The number of carbonyl (C=O) groups is 1. The number of benzene rings is 1. The monoisotopic (exact) mass is 304 g/mol. The molecule has 1 aromatic carbocycles. The number of amidine groups is 1. The van der Waals surface area contributed by atoms with Crippen LogP contribution in [-0.4, -0.2) is 22.7 Å². The van der Waals surface area contributed by atoms with E-state index < -0.39 is 6.10 Å². The lowest BCUT2D eigenvalue weighted by molar-refractivity contribution is -0.142. The average Bonchev–Trinajstić information content (AvgIpc) is 2.98. The van der Waals surface area contributed by atoms with Crippen LogP contribution in [0.4, 0.5) is 4.39 Å². The Morgan fingerprint density at radius 2 is 2.24 bits per heavy atom. The number of hydrogen-bond acceptors (Lipinski definition) is 4. The Hall–Kier alpha value is -2.21. The van der Waals surface area contributed by atoms with E-state index in [9.17, 15) is 9.18 Å². The van der Waals surface area contributed by atoms with Crippen molar-refractivity contribution in [1.82, 2.24) is 4.90 Å². The van der Waals surface area contributed by atoms with Gasteiger partial charge in [0.05, 0.1) is 11.4 Å². The van der Waals surface area contributed by atoms with Crippen molar-refractivity contribution in [1.29, 1.82) is 0 Å². The maximum Gasteiger partial charge on any atom is 0.272 e. The molecule has 0 bridgehead atoms. The third-order valence-electron chi connectivity index (χ3n) is 3.14. The molecule has 0 saturated heterocycles. The summed E-state index contributed by atoms with van der Waals surface area (Å²) in [5.41, 5.74) is 0.710. The van der Waals surface area contributed by atoms with Crippen molar-refractivity contribution in [2.24, 2.45) is 5.16 Å². The highest BCUT2D eigenvalue weighted by atomic mass is 32.1. The van der Waals surface area contributed by atoms with Crippen LogP contribution in [-0.2, 0) is 16.2 Å². The normalized spacial score (nSPS) is 18.4. The lowest BCUT2D eigenvalue weighted by atomic mass is 10.2. The minimum absolute atomic E-state index is 0.183. The number of carbonyl (C=O) groups excluding carboxylic acids is 1. The first-order valence-electron chi connectivity index (χ1n) is 6.48. The van der Waals surface area contributed by atoms with E-state index in [0.29, 0.717) is 11.4 Å². The summed E-state index contributed by atoms with van der Waals surface area (Å²) < 4.78 is 13.3. The molecule has 0 saturated carbocycles. The van der Waals surface area contributed by atoms with Gasteiger partial charge >= 0.3 is 0 Å². The van der Waals surface area contributed by atoms with E-state index in [1.165, 1.54) is 28.4 Å². The van der Waals surface area contributed by atoms with Crippen molar-refractivity contribution in [2.75, 3.05) is 0 Å². The van der Waals surface area contributed by atoms with Gasteiger partial charge in [-0.1, -0.05) is 23.4 Å². The van der Waals surface area contributed by atoms with Gasteiger partial charge in [0.1, 0.15) is 5.82 Å². The molecule has 0 fully saturated rings. The van der Waals surface area contributed by atoms with E-state index in [0.717, 1.165) is 4.88 Å². The second kappa shape index (κ2) is 5.65. The van der Waals surface area contributed by atoms with Crippen molar-refractivity contribution >= 4 is 23.1 Å². The second-order valence-electron chi connectivity index (χ2n) is 4.69. The molecule has 0 aliphatic carbocycles. The van der Waals surface area contributed by atoms with Gasteiger partial charge in [0, 0.05) is 0 Å². The largest absolute Gasteiger partial charge is 0.381 e. The highest BCUT2D eigenvalue weighted by molar-refractivity contribution is 7.12. The molecule has 0 spiro atoms. The highest BCUT2D eigenvalue weighted by Crippen LogP contribution is 2.21. The molecule has 108 valence electrons. The van der Waals surface area contributed by atoms with Crippen LogP contribution in [0, 0.1) is 5.82 Å². The first-order chi connectivity index (χ1) is 10.1. The molecule has 0 N–H and O–H groups in total. The van der Waals surface area contributed by atoms with Crippen molar-refractivity contribution in [3.05, 3.63) is 58.0 Å². The Morgan fingerprint density at radius 3 is 2.95 bits per heavy atom. The molecular formula is C15H13FN2O2S. The Balaban J connectivity index is 1.94. The van der Waals surface area contributed by atoms with Crippen LogP contribution in [0.5, 0.6) is 0 Å². The molecule has 0 radical (unpaired) electrons. The first-order valence-corrected chi connectivity index (χ1v) is 7.36. The second-order valence-corrected chi connectivity index (χ2v) is 5.64. The number of nitrogens with zero attached hydrogens (tertiary/aromatic N) is 2. The van der Waals surface area contributed by atoms with Crippen molar-refractivity contribution < 1.29 is 14.0 Å². The summed E-state index contributed by atoms with van der Waals surface area (Å²) in [6.07, 6.45) is -0.637. The van der Waals surface area contributed by atoms with E-state index in [-0.39, 0.29) is 18.3 Å². The van der Waals surface area contributed by atoms with Gasteiger partial charge in [0.15, 0.2) is 5.84 Å². The van der Waals surface area contributed by atoms with Crippen LogP contribution in [0.2, 0.25) is 0 Å². The summed E-state index contributed by atoms with van der Waals surface area (Å²) in [5.74, 6) is -0.0362. The number of thiophene rings is 1. The fraction of sp³-hybridized carbons (Fsp3) is 0.200. The van der Waals surface area contributed by atoms with Crippen molar-refractivity contribution in [3.63, 3.8) is 0 Å². The van der Waals surface area contributed by atoms with E-state index in [4.69, 9.17) is 4.84 Å². The predicted octanol–water partition coefficient (Wildman–Crippen LogP) is 3.00. The molecule has 1 aliphatic heterocycles. The summed E-state index contributed by atoms with van der Waals surface area (Å²) in [7, 11) is 0. The van der Waals surface area contributed by atoms with Crippen LogP contribution in [0.25, 0.3) is 0 Å². The standard InChI is InChI=1S/C15H13FN2O2S/c1-10-15(19)18(9-11-4-2-5-12(16)8-11)14(17-20-10)13-6-3-7-21-13/h2-8,10H,9H2,1H3. The van der Waals surface area contributed by atoms with E-state index in [2.05, 4.69) is 5.16 Å². The Labute approximate surface area is 125 Å². The quantitative estimate of drug-likeness (QED) is 0.875. The summed E-state index contributed by atoms with van der Waals surface area (Å²) in [6, 6.07) is 9.95. The topological polar surface area (TPSA) is 41.9 Å². The molecule has 4 nitrogen and oxygen atoms in total. The number of hydrogen-bond donors (Lipinski definition) is 0. The molecular weight excluding hydrogens is 291 g/mol. The molecule has 1 unspecified atom stereocenters. The van der Waals surface area contributed by atoms with E-state index in [1.807, 2.05) is 17.5 Å². The van der Waals surface area contributed by atoms with Crippen LogP contribution < -0.4 is 0 Å².